The van der Waals surface area contributed by atoms with Gasteiger partial charge in [0.1, 0.15) is 11.6 Å². The van der Waals surface area contributed by atoms with Crippen LogP contribution in [-0.4, -0.2) is 17.9 Å². The van der Waals surface area contributed by atoms with E-state index in [-0.39, 0.29) is 12.1 Å². The molecule has 2 aromatic rings. The van der Waals surface area contributed by atoms with E-state index >= 15 is 0 Å². The number of hydrogen-bond acceptors (Lipinski definition) is 1. The molecule has 0 aromatic heterocycles. The Morgan fingerprint density at radius 2 is 1.62 bits per heavy atom. The largest absolute Gasteiger partial charge is 0.337 e. The third kappa shape index (κ3) is 3.89. The lowest BCUT2D eigenvalue weighted by molar-refractivity contribution is 0.0779. The summed E-state index contributed by atoms with van der Waals surface area (Å²) in [7, 11) is 1.50. The molecular formula is C15H11Br2F2NO. The maximum atomic E-state index is 13.7. The van der Waals surface area contributed by atoms with Crippen molar-refractivity contribution in [3.05, 3.63) is 68.1 Å². The van der Waals surface area contributed by atoms with Crippen LogP contribution in [-0.2, 0) is 6.54 Å². The lowest BCUT2D eigenvalue weighted by Crippen LogP contribution is -2.27. The van der Waals surface area contributed by atoms with Crippen LogP contribution in [0, 0.1) is 11.6 Å². The van der Waals surface area contributed by atoms with Gasteiger partial charge < -0.3 is 4.90 Å². The lowest BCUT2D eigenvalue weighted by atomic mass is 10.1. The highest BCUT2D eigenvalue weighted by Gasteiger charge is 2.18. The van der Waals surface area contributed by atoms with E-state index in [1.165, 1.54) is 36.2 Å². The van der Waals surface area contributed by atoms with Crippen molar-refractivity contribution in [2.45, 2.75) is 6.54 Å². The van der Waals surface area contributed by atoms with Gasteiger partial charge in [0.05, 0.1) is 5.56 Å². The SMILES string of the molecule is CN(Cc1cc(Br)ccc1F)C(=O)c1cc(Br)ccc1F. The molecule has 0 aliphatic heterocycles. The normalized spacial score (nSPS) is 10.5. The summed E-state index contributed by atoms with van der Waals surface area (Å²) in [6, 6.07) is 8.62. The average Bonchev–Trinajstić information content (AvgIpc) is 2.44. The Bertz CT molecular complexity index is 691. The van der Waals surface area contributed by atoms with Crippen LogP contribution >= 0.6 is 31.9 Å². The molecule has 1 amide bonds. The maximum Gasteiger partial charge on any atom is 0.256 e. The van der Waals surface area contributed by atoms with Crippen LogP contribution in [0.1, 0.15) is 15.9 Å². The Labute approximate surface area is 138 Å². The van der Waals surface area contributed by atoms with Crippen molar-refractivity contribution in [1.82, 2.24) is 4.90 Å². The number of carbonyl (C=O) groups excluding carboxylic acids is 1. The number of nitrogens with zero attached hydrogens (tertiary/aromatic N) is 1. The second-order valence-electron chi connectivity index (χ2n) is 4.52. The molecule has 0 aliphatic rings. The zero-order valence-corrected chi connectivity index (χ0v) is 14.2. The van der Waals surface area contributed by atoms with Gasteiger partial charge in [0.25, 0.3) is 5.91 Å². The number of rotatable bonds is 3. The van der Waals surface area contributed by atoms with E-state index in [4.69, 9.17) is 0 Å². The second-order valence-corrected chi connectivity index (χ2v) is 6.35. The third-order valence-electron chi connectivity index (χ3n) is 2.92. The van der Waals surface area contributed by atoms with Crippen molar-refractivity contribution in [2.75, 3.05) is 7.05 Å². The highest BCUT2D eigenvalue weighted by Crippen LogP contribution is 2.20. The molecule has 0 unspecified atom stereocenters. The summed E-state index contributed by atoms with van der Waals surface area (Å²) in [4.78, 5) is 13.5. The van der Waals surface area contributed by atoms with Gasteiger partial charge in [-0.05, 0) is 36.4 Å². The molecule has 0 N–H and O–H groups in total. The highest BCUT2D eigenvalue weighted by molar-refractivity contribution is 9.10. The number of benzene rings is 2. The molecule has 2 aromatic carbocycles. The lowest BCUT2D eigenvalue weighted by Gasteiger charge is -2.18. The quantitative estimate of drug-likeness (QED) is 0.703. The topological polar surface area (TPSA) is 20.3 Å². The van der Waals surface area contributed by atoms with E-state index in [1.54, 1.807) is 12.1 Å². The van der Waals surface area contributed by atoms with Gasteiger partial charge in [-0.1, -0.05) is 31.9 Å². The second kappa shape index (κ2) is 6.66. The first-order valence-electron chi connectivity index (χ1n) is 6.03. The molecule has 110 valence electrons. The van der Waals surface area contributed by atoms with Crippen molar-refractivity contribution in [2.24, 2.45) is 0 Å². The molecule has 2 nitrogen and oxygen atoms in total. The minimum absolute atomic E-state index is 0.0516. The number of carbonyl (C=O) groups is 1. The van der Waals surface area contributed by atoms with Crippen molar-refractivity contribution < 1.29 is 13.6 Å². The maximum absolute atomic E-state index is 13.7. The Kier molecular flexibility index (Phi) is 5.11. The number of halogens is 4. The van der Waals surface area contributed by atoms with Crippen LogP contribution in [0.5, 0.6) is 0 Å². The first kappa shape index (κ1) is 16.1. The molecule has 0 aliphatic carbocycles. The van der Waals surface area contributed by atoms with E-state index < -0.39 is 17.5 Å². The Balaban J connectivity index is 2.23. The molecule has 0 bridgehead atoms. The van der Waals surface area contributed by atoms with Crippen molar-refractivity contribution in [3.8, 4) is 0 Å². The Morgan fingerprint density at radius 3 is 2.29 bits per heavy atom. The van der Waals surface area contributed by atoms with Crippen LogP contribution in [0.4, 0.5) is 8.78 Å². The Hall–Kier alpha value is -1.27. The van der Waals surface area contributed by atoms with Crippen LogP contribution in [0.15, 0.2) is 45.3 Å². The molecular weight excluding hydrogens is 408 g/mol. The summed E-state index contributed by atoms with van der Waals surface area (Å²) in [5.41, 5.74) is 0.304. The minimum Gasteiger partial charge on any atom is -0.337 e. The predicted molar refractivity (Wildman–Crippen MR) is 84.0 cm³/mol. The van der Waals surface area contributed by atoms with Gasteiger partial charge in [-0.2, -0.15) is 0 Å². The predicted octanol–water partition coefficient (Wildman–Crippen LogP) is 4.76. The van der Waals surface area contributed by atoms with Gasteiger partial charge in [-0.15, -0.1) is 0 Å². The summed E-state index contributed by atoms with van der Waals surface area (Å²) in [6.07, 6.45) is 0. The van der Waals surface area contributed by atoms with Crippen LogP contribution < -0.4 is 0 Å². The molecule has 0 fully saturated rings. The van der Waals surface area contributed by atoms with Gasteiger partial charge >= 0.3 is 0 Å². The fourth-order valence-corrected chi connectivity index (χ4v) is 2.63. The third-order valence-corrected chi connectivity index (χ3v) is 3.91. The van der Waals surface area contributed by atoms with E-state index in [2.05, 4.69) is 31.9 Å². The Morgan fingerprint density at radius 1 is 1.05 bits per heavy atom. The number of hydrogen-bond donors (Lipinski definition) is 0. The van der Waals surface area contributed by atoms with E-state index in [0.29, 0.717) is 14.5 Å². The molecule has 6 heteroatoms. The minimum atomic E-state index is -0.607. The average molecular weight is 419 g/mol. The van der Waals surface area contributed by atoms with E-state index in [1.807, 2.05) is 0 Å². The van der Waals surface area contributed by atoms with Gasteiger partial charge in [-0.3, -0.25) is 4.79 Å². The first-order valence-corrected chi connectivity index (χ1v) is 7.61. The molecule has 2 rings (SSSR count). The zero-order chi connectivity index (χ0) is 15.6. The molecule has 0 atom stereocenters. The standard InChI is InChI=1S/C15H11Br2F2NO/c1-20(8-9-6-10(16)2-4-13(9)18)15(21)12-7-11(17)3-5-14(12)19/h2-7H,8H2,1H3. The van der Waals surface area contributed by atoms with Crippen molar-refractivity contribution in [3.63, 3.8) is 0 Å². The summed E-state index contributed by atoms with van der Waals surface area (Å²) < 4.78 is 28.7. The molecule has 0 heterocycles. The summed E-state index contributed by atoms with van der Waals surface area (Å²) in [5, 5.41) is 0. The summed E-state index contributed by atoms with van der Waals surface area (Å²) in [6.45, 7) is 0.0516. The monoisotopic (exact) mass is 417 g/mol. The fraction of sp³-hybridized carbons (Fsp3) is 0.133. The molecule has 0 spiro atoms. The molecule has 0 saturated heterocycles. The molecule has 0 radical (unpaired) electrons. The van der Waals surface area contributed by atoms with Gasteiger partial charge in [0, 0.05) is 28.1 Å². The van der Waals surface area contributed by atoms with Gasteiger partial charge in [0.2, 0.25) is 0 Å². The van der Waals surface area contributed by atoms with Gasteiger partial charge in [0.15, 0.2) is 0 Å². The molecule has 21 heavy (non-hydrogen) atoms. The fourth-order valence-electron chi connectivity index (χ4n) is 1.86. The van der Waals surface area contributed by atoms with Gasteiger partial charge in [-0.25, -0.2) is 8.78 Å². The van der Waals surface area contributed by atoms with Crippen LogP contribution in [0.3, 0.4) is 0 Å². The van der Waals surface area contributed by atoms with E-state index in [0.717, 1.165) is 0 Å². The van der Waals surface area contributed by atoms with Crippen molar-refractivity contribution >= 4 is 37.8 Å². The molecule has 0 saturated carbocycles. The van der Waals surface area contributed by atoms with Crippen LogP contribution in [0.2, 0.25) is 0 Å². The summed E-state index contributed by atoms with van der Waals surface area (Å²) >= 11 is 6.45. The van der Waals surface area contributed by atoms with E-state index in [9.17, 15) is 13.6 Å². The van der Waals surface area contributed by atoms with Crippen LogP contribution in [0.25, 0.3) is 0 Å². The smallest absolute Gasteiger partial charge is 0.256 e. The van der Waals surface area contributed by atoms with Crippen molar-refractivity contribution in [1.29, 1.82) is 0 Å². The number of amides is 1. The zero-order valence-electron chi connectivity index (χ0n) is 11.0. The summed E-state index contributed by atoms with van der Waals surface area (Å²) in [5.74, 6) is -1.52. The first-order chi connectivity index (χ1) is 9.88. The highest BCUT2D eigenvalue weighted by atomic mass is 79.9.